The van der Waals surface area contributed by atoms with Crippen LogP contribution in [0.25, 0.3) is 22.2 Å². The van der Waals surface area contributed by atoms with E-state index in [1.165, 1.54) is 19.3 Å². The fourth-order valence-electron chi connectivity index (χ4n) is 4.93. The summed E-state index contributed by atoms with van der Waals surface area (Å²) in [6.45, 7) is 0.506. The lowest BCUT2D eigenvalue weighted by Gasteiger charge is -2.34. The smallest absolute Gasteiger partial charge is 0.214 e. The minimum Gasteiger partial charge on any atom is -0.473 e. The van der Waals surface area contributed by atoms with E-state index in [2.05, 4.69) is 49.3 Å². The van der Waals surface area contributed by atoms with Gasteiger partial charge in [0.1, 0.15) is 6.61 Å². The zero-order valence-electron chi connectivity index (χ0n) is 17.1. The normalized spacial score (nSPS) is 22.6. The van der Waals surface area contributed by atoms with E-state index in [9.17, 15) is 0 Å². The minimum atomic E-state index is 0.461. The second-order valence-electron chi connectivity index (χ2n) is 8.31. The number of aromatic amines is 1. The molecule has 0 amide bonds. The predicted octanol–water partition coefficient (Wildman–Crippen LogP) is 5.98. The van der Waals surface area contributed by atoms with Gasteiger partial charge in [0, 0.05) is 40.4 Å². The average Bonchev–Trinajstić information content (AvgIpc) is 3.56. The molecule has 0 bridgehead atoms. The van der Waals surface area contributed by atoms with Crippen molar-refractivity contribution in [3.05, 3.63) is 78.4 Å². The number of rotatable bonds is 5. The van der Waals surface area contributed by atoms with Crippen LogP contribution in [-0.2, 0) is 6.61 Å². The first-order chi connectivity index (χ1) is 15.4. The number of H-pyrrole nitrogens is 1. The molecule has 0 radical (unpaired) electrons. The van der Waals surface area contributed by atoms with Gasteiger partial charge in [-0.1, -0.05) is 42.8 Å². The van der Waals surface area contributed by atoms with Crippen molar-refractivity contribution in [3.63, 3.8) is 0 Å². The van der Waals surface area contributed by atoms with Crippen molar-refractivity contribution in [2.24, 2.45) is 5.92 Å². The van der Waals surface area contributed by atoms with E-state index in [0.717, 1.165) is 27.7 Å². The molecular weight excluding hydrogens is 404 g/mol. The van der Waals surface area contributed by atoms with Crippen LogP contribution in [0, 0.1) is 5.92 Å². The molecule has 6 heteroatoms. The third kappa shape index (κ3) is 3.45. The van der Waals surface area contributed by atoms with Gasteiger partial charge in [0.2, 0.25) is 5.88 Å². The fourth-order valence-corrected chi connectivity index (χ4v) is 6.17. The zero-order valence-corrected chi connectivity index (χ0v) is 18.0. The lowest BCUT2D eigenvalue weighted by atomic mass is 9.84. The van der Waals surface area contributed by atoms with E-state index >= 15 is 0 Å². The van der Waals surface area contributed by atoms with Crippen LogP contribution in [0.2, 0.25) is 0 Å². The number of fused-ring (bicyclic) bond motifs is 2. The molecule has 4 aromatic rings. The number of allylic oxidation sites excluding steroid dienone is 1. The van der Waals surface area contributed by atoms with E-state index in [0.29, 0.717) is 29.7 Å². The first-order valence-corrected chi connectivity index (χ1v) is 11.8. The molecule has 3 atom stereocenters. The second kappa shape index (κ2) is 7.93. The van der Waals surface area contributed by atoms with E-state index in [-0.39, 0.29) is 0 Å². The number of nitrogens with one attached hydrogen (secondary N) is 1. The Balaban J connectivity index is 1.33. The van der Waals surface area contributed by atoms with Gasteiger partial charge < -0.3 is 14.3 Å². The molecule has 0 saturated heterocycles. The summed E-state index contributed by atoms with van der Waals surface area (Å²) in [5.41, 5.74) is 4.44. The van der Waals surface area contributed by atoms with E-state index < -0.39 is 0 Å². The maximum atomic E-state index is 5.99. The van der Waals surface area contributed by atoms with Crippen LogP contribution in [0.5, 0.6) is 5.88 Å². The quantitative estimate of drug-likeness (QED) is 0.425. The summed E-state index contributed by atoms with van der Waals surface area (Å²) in [5, 5.41) is 4.11. The number of hydrogen-bond acceptors (Lipinski definition) is 4. The highest BCUT2D eigenvalue weighted by atomic mass is 32.2. The molecule has 1 N–H and O–H groups in total. The monoisotopic (exact) mass is 428 g/mol. The van der Waals surface area contributed by atoms with Gasteiger partial charge >= 0.3 is 0 Å². The van der Waals surface area contributed by atoms with Crippen molar-refractivity contribution in [1.29, 1.82) is 0 Å². The van der Waals surface area contributed by atoms with Crippen molar-refractivity contribution in [3.8, 4) is 17.1 Å². The Morgan fingerprint density at radius 1 is 1.16 bits per heavy atom. The van der Waals surface area contributed by atoms with Crippen LogP contribution in [0.15, 0.2) is 72.8 Å². The number of nitrogens with zero attached hydrogens (tertiary/aromatic N) is 3. The van der Waals surface area contributed by atoms with Crippen LogP contribution in [-0.4, -0.2) is 24.8 Å². The Labute approximate surface area is 185 Å². The predicted molar refractivity (Wildman–Crippen MR) is 125 cm³/mol. The van der Waals surface area contributed by atoms with Gasteiger partial charge in [-0.2, -0.15) is 0 Å². The summed E-state index contributed by atoms with van der Waals surface area (Å²) in [7, 11) is 0. The molecule has 1 aromatic carbocycles. The summed E-state index contributed by atoms with van der Waals surface area (Å²) in [4.78, 5) is 12.4. The topological polar surface area (TPSA) is 55.7 Å². The van der Waals surface area contributed by atoms with Gasteiger partial charge in [-0.05, 0) is 23.8 Å². The summed E-state index contributed by atoms with van der Waals surface area (Å²) in [6, 6.07) is 12.7. The molecule has 3 aromatic heterocycles. The van der Waals surface area contributed by atoms with Crippen molar-refractivity contribution < 1.29 is 4.74 Å². The van der Waals surface area contributed by atoms with Crippen molar-refractivity contribution in [2.75, 3.05) is 0 Å². The molecule has 31 heavy (non-hydrogen) atoms. The average molecular weight is 429 g/mol. The Hall–Kier alpha value is -2.99. The van der Waals surface area contributed by atoms with Crippen LogP contribution >= 0.6 is 11.8 Å². The fraction of sp³-hybridized carbons (Fsp3) is 0.280. The van der Waals surface area contributed by atoms with Crippen LogP contribution in [0.4, 0.5) is 0 Å². The van der Waals surface area contributed by atoms with Gasteiger partial charge in [0.05, 0.1) is 29.9 Å². The molecule has 0 spiro atoms. The highest BCUT2D eigenvalue weighted by Gasteiger charge is 2.36. The molecule has 2 aliphatic rings. The van der Waals surface area contributed by atoms with Crippen LogP contribution < -0.4 is 4.74 Å². The number of aromatic nitrogens is 4. The molecule has 6 rings (SSSR count). The highest BCUT2D eigenvalue weighted by Crippen LogP contribution is 2.46. The van der Waals surface area contributed by atoms with E-state index in [1.54, 1.807) is 0 Å². The van der Waals surface area contributed by atoms with E-state index in [4.69, 9.17) is 4.74 Å². The molecule has 1 aliphatic heterocycles. The molecular formula is C25H24N4OS. The lowest BCUT2D eigenvalue weighted by Crippen LogP contribution is -2.29. The minimum absolute atomic E-state index is 0.461. The van der Waals surface area contributed by atoms with Crippen molar-refractivity contribution in [2.45, 2.75) is 37.2 Å². The molecule has 1 fully saturated rings. The Kier molecular flexibility index (Phi) is 4.80. The van der Waals surface area contributed by atoms with Crippen molar-refractivity contribution in [1.82, 2.24) is 19.5 Å². The van der Waals surface area contributed by atoms with Gasteiger partial charge in [-0.25, -0.2) is 9.97 Å². The molecule has 1 aliphatic carbocycles. The highest BCUT2D eigenvalue weighted by molar-refractivity contribution is 8.03. The largest absolute Gasteiger partial charge is 0.473 e. The zero-order chi connectivity index (χ0) is 20.6. The maximum absolute atomic E-state index is 5.99. The molecule has 4 heterocycles. The number of hydrogen-bond donors (Lipinski definition) is 1. The molecule has 156 valence electrons. The maximum Gasteiger partial charge on any atom is 0.214 e. The third-order valence-electron chi connectivity index (χ3n) is 6.49. The van der Waals surface area contributed by atoms with Gasteiger partial charge in [-0.3, -0.25) is 0 Å². The first-order valence-electron chi connectivity index (χ1n) is 10.8. The molecule has 1 saturated carbocycles. The van der Waals surface area contributed by atoms with E-state index in [1.807, 2.05) is 54.7 Å². The molecule has 5 nitrogen and oxygen atoms in total. The lowest BCUT2D eigenvalue weighted by molar-refractivity contribution is 0.294. The van der Waals surface area contributed by atoms with Crippen LogP contribution in [0.3, 0.4) is 0 Å². The summed E-state index contributed by atoms with van der Waals surface area (Å²) >= 11 is 1.99. The number of ether oxygens (including phenoxy) is 1. The van der Waals surface area contributed by atoms with Crippen LogP contribution in [0.1, 0.15) is 30.9 Å². The number of benzene rings is 1. The summed E-state index contributed by atoms with van der Waals surface area (Å²) in [5.74, 6) is 1.22. The van der Waals surface area contributed by atoms with Gasteiger partial charge in [0.25, 0.3) is 0 Å². The summed E-state index contributed by atoms with van der Waals surface area (Å²) in [6.07, 6.45) is 14.1. The second-order valence-corrected chi connectivity index (χ2v) is 9.46. The number of pyridine rings is 1. The number of thioether (sulfide) groups is 1. The molecule has 3 unspecified atom stereocenters. The first kappa shape index (κ1) is 18.8. The third-order valence-corrected chi connectivity index (χ3v) is 7.70. The Bertz CT molecular complexity index is 1230. The summed E-state index contributed by atoms with van der Waals surface area (Å²) < 4.78 is 8.38. The standard InChI is InChI=1S/C25H24N4OS/c1-2-5-17(6-3-1)15-30-25-11-19-20(12-27-21(19)13-28-25)23-14-26-16-29(23)22-7-4-8-24-18(22)9-10-31-24/h1-3,5-6,9-14,16,18,22,24,27H,4,7-8,15H2. The Morgan fingerprint density at radius 3 is 3.03 bits per heavy atom. The number of imidazole rings is 1. The van der Waals surface area contributed by atoms with Crippen molar-refractivity contribution >= 4 is 22.7 Å². The van der Waals surface area contributed by atoms with Gasteiger partial charge in [0.15, 0.2) is 0 Å². The Morgan fingerprint density at radius 2 is 2.10 bits per heavy atom. The SMILES string of the molecule is C1=CC2C(CCCC2n2cncc2-c2c[nH]c3cnc(OCc4ccccc4)cc23)S1. The van der Waals surface area contributed by atoms with Gasteiger partial charge in [-0.15, -0.1) is 11.8 Å².